The van der Waals surface area contributed by atoms with Crippen molar-refractivity contribution < 1.29 is 23.1 Å². The first-order valence-electron chi connectivity index (χ1n) is 6.49. The Kier molecular flexibility index (Phi) is 2.98. The Balaban J connectivity index is 2.22. The third-order valence-electron chi connectivity index (χ3n) is 5.86. The zero-order valence-corrected chi connectivity index (χ0v) is 11.4. The molecule has 0 aromatic heterocycles. The Hall–Kier alpha value is -0.780. The second kappa shape index (κ2) is 3.87. The molecule has 2 aliphatic rings. The van der Waals surface area contributed by atoms with E-state index in [1.54, 1.807) is 0 Å². The minimum Gasteiger partial charge on any atom is -0.393 e. The van der Waals surface area contributed by atoms with Gasteiger partial charge in [0.25, 0.3) is 0 Å². The lowest BCUT2D eigenvalue weighted by molar-refractivity contribution is -0.148. The molecule has 0 aromatic carbocycles. The van der Waals surface area contributed by atoms with Crippen molar-refractivity contribution in [2.45, 2.75) is 52.3 Å². The molecule has 0 aliphatic heterocycles. The molecule has 2 bridgehead atoms. The van der Waals surface area contributed by atoms with Gasteiger partial charge in [-0.15, -0.1) is 0 Å². The van der Waals surface area contributed by atoms with E-state index in [-0.39, 0.29) is 6.42 Å². The Bertz CT molecular complexity index is 407. The van der Waals surface area contributed by atoms with E-state index >= 15 is 0 Å². The highest BCUT2D eigenvalue weighted by Crippen LogP contribution is 2.72. The molecule has 19 heavy (non-hydrogen) atoms. The molecule has 0 spiro atoms. The number of amides is 1. The fourth-order valence-electron chi connectivity index (χ4n) is 3.98. The monoisotopic (exact) mass is 279 g/mol. The number of alkyl halides is 3. The van der Waals surface area contributed by atoms with Crippen LogP contribution in [0.5, 0.6) is 0 Å². The molecule has 2 aliphatic carbocycles. The maximum Gasteiger partial charge on any atom is 0.405 e. The van der Waals surface area contributed by atoms with Gasteiger partial charge in [-0.1, -0.05) is 20.8 Å². The van der Waals surface area contributed by atoms with E-state index in [9.17, 15) is 23.1 Å². The molecule has 1 amide bonds. The lowest BCUT2D eigenvalue weighted by Gasteiger charge is -2.40. The molecule has 2 saturated carbocycles. The number of hydrogen-bond donors (Lipinski definition) is 2. The molecular weight excluding hydrogens is 259 g/mol. The van der Waals surface area contributed by atoms with Crippen LogP contribution in [0.3, 0.4) is 0 Å². The van der Waals surface area contributed by atoms with Gasteiger partial charge in [0.2, 0.25) is 5.91 Å². The van der Waals surface area contributed by atoms with Gasteiger partial charge in [-0.25, -0.2) is 0 Å². The van der Waals surface area contributed by atoms with Crippen molar-refractivity contribution in [2.24, 2.45) is 16.2 Å². The topological polar surface area (TPSA) is 49.3 Å². The van der Waals surface area contributed by atoms with Crippen molar-refractivity contribution in [3.05, 3.63) is 0 Å². The lowest BCUT2D eigenvalue weighted by atomic mass is 9.64. The Morgan fingerprint density at radius 2 is 1.89 bits per heavy atom. The number of aliphatic hydroxyl groups excluding tert-OH is 1. The van der Waals surface area contributed by atoms with Crippen molar-refractivity contribution in [2.75, 3.05) is 6.54 Å². The van der Waals surface area contributed by atoms with Crippen LogP contribution < -0.4 is 5.32 Å². The molecule has 0 unspecified atom stereocenters. The Morgan fingerprint density at radius 1 is 1.32 bits per heavy atom. The molecule has 2 rings (SSSR count). The van der Waals surface area contributed by atoms with Crippen LogP contribution in [0, 0.1) is 16.2 Å². The molecule has 0 radical (unpaired) electrons. The quantitative estimate of drug-likeness (QED) is 0.814. The predicted octanol–water partition coefficient (Wildman–Crippen LogP) is 2.24. The number of fused-ring (bicyclic) bond motifs is 2. The van der Waals surface area contributed by atoms with E-state index in [0.717, 1.165) is 0 Å². The molecule has 0 aromatic rings. The fourth-order valence-corrected chi connectivity index (χ4v) is 3.98. The maximum absolute atomic E-state index is 12.3. The van der Waals surface area contributed by atoms with E-state index in [0.29, 0.717) is 12.8 Å². The number of rotatable bonds is 2. The first kappa shape index (κ1) is 14.6. The van der Waals surface area contributed by atoms with Crippen LogP contribution in [0.1, 0.15) is 40.0 Å². The van der Waals surface area contributed by atoms with Crippen molar-refractivity contribution in [1.82, 2.24) is 5.32 Å². The van der Waals surface area contributed by atoms with E-state index in [4.69, 9.17) is 0 Å². The van der Waals surface area contributed by atoms with Gasteiger partial charge in [-0.3, -0.25) is 4.79 Å². The Labute approximate surface area is 110 Å². The predicted molar refractivity (Wildman–Crippen MR) is 63.2 cm³/mol. The summed E-state index contributed by atoms with van der Waals surface area (Å²) in [5.74, 6) is -0.574. The third-order valence-corrected chi connectivity index (χ3v) is 5.86. The number of carbonyl (C=O) groups excluding carboxylic acids is 1. The number of nitrogens with one attached hydrogen (secondary N) is 1. The molecule has 0 heterocycles. The van der Waals surface area contributed by atoms with Gasteiger partial charge in [0.05, 0.1) is 11.5 Å². The zero-order valence-electron chi connectivity index (χ0n) is 11.4. The molecule has 2 N–H and O–H groups in total. The van der Waals surface area contributed by atoms with Crippen LogP contribution in [-0.4, -0.2) is 29.8 Å². The van der Waals surface area contributed by atoms with E-state index in [1.165, 1.54) is 0 Å². The summed E-state index contributed by atoms with van der Waals surface area (Å²) in [7, 11) is 0. The average molecular weight is 279 g/mol. The maximum atomic E-state index is 12.3. The van der Waals surface area contributed by atoms with Crippen LogP contribution in [0.4, 0.5) is 13.2 Å². The zero-order chi connectivity index (χ0) is 14.7. The second-order valence-electron chi connectivity index (χ2n) is 6.64. The summed E-state index contributed by atoms with van der Waals surface area (Å²) in [4.78, 5) is 12.3. The molecule has 110 valence electrons. The average Bonchev–Trinajstić information content (AvgIpc) is 2.55. The van der Waals surface area contributed by atoms with E-state index < -0.39 is 41.0 Å². The summed E-state index contributed by atoms with van der Waals surface area (Å²) in [5, 5.41) is 12.2. The van der Waals surface area contributed by atoms with Crippen LogP contribution in [0.25, 0.3) is 0 Å². The van der Waals surface area contributed by atoms with Crippen molar-refractivity contribution in [3.8, 4) is 0 Å². The third kappa shape index (κ3) is 1.79. The van der Waals surface area contributed by atoms with E-state index in [2.05, 4.69) is 0 Å². The standard InChI is InChI=1S/C13H20F3NO2/c1-10(2)11(3)4-5-12(10,6-8(11)18)9(19)17-7-13(14,15)16/h8,18H,4-7H2,1-3H3,(H,17,19)/t8-,11-,12+/m1/s1. The summed E-state index contributed by atoms with van der Waals surface area (Å²) < 4.78 is 36.7. The van der Waals surface area contributed by atoms with Crippen LogP contribution in [0.2, 0.25) is 0 Å². The lowest BCUT2D eigenvalue weighted by Crippen LogP contribution is -2.48. The van der Waals surface area contributed by atoms with Gasteiger partial charge < -0.3 is 10.4 Å². The van der Waals surface area contributed by atoms with Crippen LogP contribution in [0.15, 0.2) is 0 Å². The normalized spacial score (nSPS) is 40.5. The van der Waals surface area contributed by atoms with Crippen molar-refractivity contribution >= 4 is 5.91 Å². The highest BCUT2D eigenvalue weighted by Gasteiger charge is 2.72. The SMILES string of the molecule is CC1(C)[C@@]2(C(=O)NCC(F)(F)F)CC[C@]1(C)[C@H](O)C2. The smallest absolute Gasteiger partial charge is 0.393 e. The summed E-state index contributed by atoms with van der Waals surface area (Å²) in [5.41, 5.74) is -1.79. The molecular formula is C13H20F3NO2. The van der Waals surface area contributed by atoms with Gasteiger partial charge in [0.1, 0.15) is 6.54 Å². The number of carbonyl (C=O) groups is 1. The molecule has 2 fully saturated rings. The number of hydrogen-bond acceptors (Lipinski definition) is 2. The number of halogens is 3. The number of aliphatic hydroxyl groups is 1. The van der Waals surface area contributed by atoms with Crippen LogP contribution >= 0.6 is 0 Å². The Morgan fingerprint density at radius 3 is 2.26 bits per heavy atom. The summed E-state index contributed by atoms with van der Waals surface area (Å²) in [6.45, 7) is 4.37. The highest BCUT2D eigenvalue weighted by atomic mass is 19.4. The fraction of sp³-hybridized carbons (Fsp3) is 0.923. The van der Waals surface area contributed by atoms with Crippen molar-refractivity contribution in [1.29, 1.82) is 0 Å². The summed E-state index contributed by atoms with van der Waals surface area (Å²) >= 11 is 0. The second-order valence-corrected chi connectivity index (χ2v) is 6.64. The van der Waals surface area contributed by atoms with E-state index in [1.807, 2.05) is 26.1 Å². The summed E-state index contributed by atoms with van der Waals surface area (Å²) in [6, 6.07) is 0. The minimum absolute atomic E-state index is 0.250. The molecule has 3 atom stereocenters. The molecule has 0 saturated heterocycles. The summed E-state index contributed by atoms with van der Waals surface area (Å²) in [6.07, 6.45) is -3.58. The first-order valence-corrected chi connectivity index (χ1v) is 6.49. The molecule has 6 heteroatoms. The van der Waals surface area contributed by atoms with Gasteiger partial charge in [-0.05, 0) is 30.1 Å². The first-order chi connectivity index (χ1) is 8.46. The van der Waals surface area contributed by atoms with Gasteiger partial charge in [0, 0.05) is 0 Å². The highest BCUT2D eigenvalue weighted by molar-refractivity contribution is 5.85. The largest absolute Gasteiger partial charge is 0.405 e. The van der Waals surface area contributed by atoms with Gasteiger partial charge in [-0.2, -0.15) is 13.2 Å². The van der Waals surface area contributed by atoms with Crippen LogP contribution in [-0.2, 0) is 4.79 Å². The molecule has 3 nitrogen and oxygen atoms in total. The van der Waals surface area contributed by atoms with Gasteiger partial charge in [0.15, 0.2) is 0 Å². The minimum atomic E-state index is -4.41. The van der Waals surface area contributed by atoms with Gasteiger partial charge >= 0.3 is 6.18 Å². The van der Waals surface area contributed by atoms with Crippen molar-refractivity contribution in [3.63, 3.8) is 0 Å².